The van der Waals surface area contributed by atoms with Crippen molar-refractivity contribution in [3.8, 4) is 5.75 Å². The maximum atomic E-state index is 11.1. The fraction of sp³-hybridized carbons (Fsp3) is 0.364. The van der Waals surface area contributed by atoms with Crippen LogP contribution in [0, 0.1) is 0 Å². The van der Waals surface area contributed by atoms with Gasteiger partial charge >= 0.3 is 0 Å². The van der Waals surface area contributed by atoms with Crippen LogP contribution in [0.2, 0.25) is 10.0 Å². The van der Waals surface area contributed by atoms with E-state index in [2.05, 4.69) is 14.9 Å². The number of ether oxygens (including phenoxy) is 1. The zero-order valence-corrected chi connectivity index (χ0v) is 17.9. The average molecular weight is 448 g/mol. The highest BCUT2D eigenvalue weighted by Gasteiger charge is 2.36. The molecule has 1 atom stereocenters. The van der Waals surface area contributed by atoms with Gasteiger partial charge in [-0.3, -0.25) is 4.98 Å². The number of fused-ring (bicyclic) bond motifs is 1. The molecule has 0 aliphatic carbocycles. The quantitative estimate of drug-likeness (QED) is 0.600. The van der Waals surface area contributed by atoms with Crippen LogP contribution >= 0.6 is 23.2 Å². The molecule has 30 heavy (non-hydrogen) atoms. The first-order chi connectivity index (χ1) is 14.4. The van der Waals surface area contributed by atoms with Gasteiger partial charge < -0.3 is 19.8 Å². The fourth-order valence-corrected chi connectivity index (χ4v) is 4.14. The van der Waals surface area contributed by atoms with Crippen molar-refractivity contribution < 1.29 is 14.9 Å². The van der Waals surface area contributed by atoms with Gasteiger partial charge in [0.2, 0.25) is 0 Å². The molecule has 2 heterocycles. The van der Waals surface area contributed by atoms with Crippen molar-refractivity contribution in [1.82, 2.24) is 14.9 Å². The molecule has 0 unspecified atom stereocenters. The third kappa shape index (κ3) is 4.85. The first kappa shape index (κ1) is 21.3. The van der Waals surface area contributed by atoms with E-state index in [-0.39, 0.29) is 6.61 Å². The van der Waals surface area contributed by atoms with Crippen LogP contribution in [-0.4, -0.2) is 57.4 Å². The molecule has 1 aliphatic rings. The molecule has 4 rings (SSSR count). The van der Waals surface area contributed by atoms with Crippen molar-refractivity contribution in [2.75, 3.05) is 26.2 Å². The predicted octanol–water partition coefficient (Wildman–Crippen LogP) is 3.66. The summed E-state index contributed by atoms with van der Waals surface area (Å²) >= 11 is 12.0. The summed E-state index contributed by atoms with van der Waals surface area (Å²) in [6.45, 7) is 1.86. The van der Waals surface area contributed by atoms with Gasteiger partial charge in [-0.05, 0) is 43.2 Å². The van der Waals surface area contributed by atoms with E-state index in [9.17, 15) is 10.2 Å². The lowest BCUT2D eigenvalue weighted by molar-refractivity contribution is -0.0401. The second-order valence-corrected chi connectivity index (χ2v) is 8.46. The summed E-state index contributed by atoms with van der Waals surface area (Å²) in [7, 11) is 0. The van der Waals surface area contributed by atoms with Crippen LogP contribution in [0.3, 0.4) is 0 Å². The normalized spacial score (nSPS) is 17.7. The number of halogens is 2. The third-order valence-corrected chi connectivity index (χ3v) is 5.93. The van der Waals surface area contributed by atoms with Crippen LogP contribution in [0.15, 0.2) is 48.7 Å². The van der Waals surface area contributed by atoms with Gasteiger partial charge in [0.25, 0.3) is 0 Å². The van der Waals surface area contributed by atoms with Crippen LogP contribution in [0.25, 0.3) is 11.0 Å². The molecule has 0 radical (unpaired) electrons. The van der Waals surface area contributed by atoms with Gasteiger partial charge in [-0.25, -0.2) is 4.98 Å². The summed E-state index contributed by atoms with van der Waals surface area (Å²) in [4.78, 5) is 11.1. The van der Waals surface area contributed by atoms with E-state index in [0.29, 0.717) is 54.0 Å². The van der Waals surface area contributed by atoms with E-state index in [1.807, 2.05) is 24.3 Å². The summed E-state index contributed by atoms with van der Waals surface area (Å²) < 4.78 is 5.61. The summed E-state index contributed by atoms with van der Waals surface area (Å²) in [6, 6.07) is 12.6. The fourth-order valence-electron chi connectivity index (χ4n) is 3.67. The number of benzene rings is 2. The van der Waals surface area contributed by atoms with Gasteiger partial charge in [0.1, 0.15) is 24.1 Å². The molecule has 6 nitrogen and oxygen atoms in total. The van der Waals surface area contributed by atoms with Gasteiger partial charge in [-0.15, -0.1) is 0 Å². The van der Waals surface area contributed by atoms with Gasteiger partial charge in [0, 0.05) is 24.7 Å². The van der Waals surface area contributed by atoms with Crippen LogP contribution in [-0.2, 0) is 5.60 Å². The molecule has 1 saturated heterocycles. The Bertz CT molecular complexity index is 1030. The van der Waals surface area contributed by atoms with E-state index in [1.54, 1.807) is 24.4 Å². The highest BCUT2D eigenvalue weighted by atomic mass is 35.5. The second-order valence-electron chi connectivity index (χ2n) is 7.62. The minimum absolute atomic E-state index is 0.123. The summed E-state index contributed by atoms with van der Waals surface area (Å²) in [5.41, 5.74) is 1.18. The monoisotopic (exact) mass is 447 g/mol. The molecule has 0 amide bonds. The van der Waals surface area contributed by atoms with Gasteiger partial charge in [0.05, 0.1) is 27.9 Å². The molecule has 0 saturated carbocycles. The van der Waals surface area contributed by atoms with E-state index in [0.717, 1.165) is 11.0 Å². The number of rotatable bonds is 6. The zero-order chi connectivity index (χ0) is 21.1. The highest BCUT2D eigenvalue weighted by Crippen LogP contribution is 2.32. The summed E-state index contributed by atoms with van der Waals surface area (Å²) in [6.07, 6.45) is 2.03. The van der Waals surface area contributed by atoms with Gasteiger partial charge in [0.15, 0.2) is 0 Å². The summed E-state index contributed by atoms with van der Waals surface area (Å²) in [5, 5.41) is 22.4. The first-order valence-corrected chi connectivity index (χ1v) is 10.6. The lowest BCUT2D eigenvalue weighted by Gasteiger charge is -2.38. The molecule has 1 aromatic heterocycles. The average Bonchev–Trinajstić information content (AvgIpc) is 2.74. The lowest BCUT2D eigenvalue weighted by atomic mass is 9.88. The Balaban J connectivity index is 1.31. The van der Waals surface area contributed by atoms with Gasteiger partial charge in [-0.2, -0.15) is 0 Å². The van der Waals surface area contributed by atoms with Crippen LogP contribution < -0.4 is 4.74 Å². The molecule has 2 aromatic carbocycles. The Labute approximate surface area is 185 Å². The molecule has 158 valence electrons. The number of nitrogens with zero attached hydrogens (tertiary/aromatic N) is 3. The smallest absolute Gasteiger partial charge is 0.138 e. The van der Waals surface area contributed by atoms with Crippen molar-refractivity contribution >= 4 is 34.2 Å². The molecular weight excluding hydrogens is 425 g/mol. The number of aromatic nitrogens is 2. The Morgan fingerprint density at radius 3 is 2.57 bits per heavy atom. The van der Waals surface area contributed by atoms with Crippen molar-refractivity contribution in [3.63, 3.8) is 0 Å². The predicted molar refractivity (Wildman–Crippen MR) is 117 cm³/mol. The SMILES string of the molecule is O[C@@H](COc1ccc(Cl)cc1Cl)CN1CCC(O)(c2cnc3ccccc3n2)CC1. The van der Waals surface area contributed by atoms with E-state index in [1.165, 1.54) is 0 Å². The van der Waals surface area contributed by atoms with E-state index in [4.69, 9.17) is 27.9 Å². The van der Waals surface area contributed by atoms with Crippen molar-refractivity contribution in [2.24, 2.45) is 0 Å². The zero-order valence-electron chi connectivity index (χ0n) is 16.3. The van der Waals surface area contributed by atoms with Crippen molar-refractivity contribution in [3.05, 3.63) is 64.4 Å². The number of β-amino-alcohol motifs (C(OH)–C–C–N with tert-alkyl or cyclic N) is 1. The number of aliphatic hydroxyl groups is 2. The van der Waals surface area contributed by atoms with Crippen LogP contribution in [0.1, 0.15) is 18.5 Å². The molecule has 0 spiro atoms. The number of piperidine rings is 1. The molecule has 3 aromatic rings. The largest absolute Gasteiger partial charge is 0.489 e. The Kier molecular flexibility index (Phi) is 6.41. The Hall–Kier alpha value is -1.96. The molecule has 1 fully saturated rings. The number of aliphatic hydroxyl groups excluding tert-OH is 1. The van der Waals surface area contributed by atoms with Crippen LogP contribution in [0.5, 0.6) is 5.75 Å². The van der Waals surface area contributed by atoms with Crippen molar-refractivity contribution in [1.29, 1.82) is 0 Å². The third-order valence-electron chi connectivity index (χ3n) is 5.40. The maximum Gasteiger partial charge on any atom is 0.138 e. The molecule has 0 bridgehead atoms. The van der Waals surface area contributed by atoms with E-state index >= 15 is 0 Å². The molecule has 2 N–H and O–H groups in total. The topological polar surface area (TPSA) is 78.7 Å². The van der Waals surface area contributed by atoms with Gasteiger partial charge in [-0.1, -0.05) is 35.3 Å². The number of likely N-dealkylation sites (tertiary alicyclic amines) is 1. The summed E-state index contributed by atoms with van der Waals surface area (Å²) in [5.74, 6) is 0.489. The number of hydrogen-bond acceptors (Lipinski definition) is 6. The second kappa shape index (κ2) is 9.04. The van der Waals surface area contributed by atoms with Crippen LogP contribution in [0.4, 0.5) is 0 Å². The highest BCUT2D eigenvalue weighted by molar-refractivity contribution is 6.35. The maximum absolute atomic E-state index is 11.1. The molecular formula is C22H23Cl2N3O3. The van der Waals surface area contributed by atoms with Crippen molar-refractivity contribution in [2.45, 2.75) is 24.5 Å². The Morgan fingerprint density at radius 2 is 1.83 bits per heavy atom. The molecule has 1 aliphatic heterocycles. The number of para-hydroxylation sites is 2. The van der Waals surface area contributed by atoms with E-state index < -0.39 is 11.7 Å². The minimum atomic E-state index is -1.01. The standard InChI is InChI=1S/C22H23Cl2N3O3/c23-15-5-6-20(17(24)11-15)30-14-16(28)13-27-9-7-22(29,8-10-27)21-12-25-18-3-1-2-4-19(18)26-21/h1-6,11-12,16,28-29H,7-10,13-14H2/t16-/m1/s1. The Morgan fingerprint density at radius 1 is 1.10 bits per heavy atom. The minimum Gasteiger partial charge on any atom is -0.489 e. The first-order valence-electron chi connectivity index (χ1n) is 9.86. The number of hydrogen-bond donors (Lipinski definition) is 2. The molecule has 8 heteroatoms. The lowest BCUT2D eigenvalue weighted by Crippen LogP contribution is -2.46.